The van der Waals surface area contributed by atoms with Crippen molar-refractivity contribution in [3.63, 3.8) is 0 Å². The normalized spacial score (nSPS) is 15.7. The van der Waals surface area contributed by atoms with Gasteiger partial charge in [-0.2, -0.15) is 0 Å². The van der Waals surface area contributed by atoms with Gasteiger partial charge in [0.05, 0.1) is 4.91 Å². The minimum absolute atomic E-state index is 0.0921. The van der Waals surface area contributed by atoms with Crippen LogP contribution >= 0.6 is 24.0 Å². The van der Waals surface area contributed by atoms with Crippen molar-refractivity contribution in [2.75, 3.05) is 11.9 Å². The highest BCUT2D eigenvalue weighted by Gasteiger charge is 2.33. The number of carbonyl (C=O) groups excluding carboxylic acids is 2. The Hall–Kier alpha value is -2.44. The minimum Gasteiger partial charge on any atom is -0.324 e. The Labute approximate surface area is 155 Å². The van der Waals surface area contributed by atoms with Crippen LogP contribution in [-0.4, -0.2) is 27.6 Å². The molecule has 0 aromatic heterocycles. The van der Waals surface area contributed by atoms with Crippen LogP contribution in [0.3, 0.4) is 0 Å². The molecule has 0 spiro atoms. The molecule has 1 aliphatic heterocycles. The fourth-order valence-corrected chi connectivity index (χ4v) is 3.64. The Balaban J connectivity index is 1.70. The molecule has 0 radical (unpaired) electrons. The van der Waals surface area contributed by atoms with Crippen molar-refractivity contribution < 1.29 is 9.59 Å². The molecule has 1 N–H and O–H groups in total. The summed E-state index contributed by atoms with van der Waals surface area (Å²) < 4.78 is 0.395. The summed E-state index contributed by atoms with van der Waals surface area (Å²) in [7, 11) is 0. The lowest BCUT2D eigenvalue weighted by molar-refractivity contribution is -0.126. The quantitative estimate of drug-likeness (QED) is 0.658. The Morgan fingerprint density at radius 3 is 2.56 bits per heavy atom. The summed E-state index contributed by atoms with van der Waals surface area (Å²) >= 11 is 6.48. The summed E-state index contributed by atoms with van der Waals surface area (Å²) in [5.74, 6) is -0.509. The molecule has 4 nitrogen and oxygen atoms in total. The summed E-state index contributed by atoms with van der Waals surface area (Å²) in [5.41, 5.74) is 2.62. The average molecular weight is 368 g/mol. The molecular formula is C19H16N2O2S2. The van der Waals surface area contributed by atoms with E-state index in [1.54, 1.807) is 6.08 Å². The highest BCUT2D eigenvalue weighted by molar-refractivity contribution is 8.26. The van der Waals surface area contributed by atoms with Gasteiger partial charge in [-0.25, -0.2) is 0 Å². The van der Waals surface area contributed by atoms with Gasteiger partial charge >= 0.3 is 0 Å². The first-order chi connectivity index (χ1) is 12.0. The van der Waals surface area contributed by atoms with E-state index in [4.69, 9.17) is 12.2 Å². The lowest BCUT2D eigenvalue weighted by Gasteiger charge is -2.15. The van der Waals surface area contributed by atoms with E-state index in [1.165, 1.54) is 16.7 Å². The number of thioether (sulfide) groups is 1. The van der Waals surface area contributed by atoms with Gasteiger partial charge < -0.3 is 5.32 Å². The van der Waals surface area contributed by atoms with Gasteiger partial charge in [0.25, 0.3) is 5.91 Å². The molecular weight excluding hydrogens is 352 g/mol. The maximum atomic E-state index is 12.5. The van der Waals surface area contributed by atoms with Crippen LogP contribution in [-0.2, 0) is 9.59 Å². The zero-order valence-corrected chi connectivity index (χ0v) is 15.2. The van der Waals surface area contributed by atoms with Gasteiger partial charge in [-0.15, -0.1) is 0 Å². The maximum Gasteiger partial charge on any atom is 0.266 e. The number of amides is 2. The van der Waals surface area contributed by atoms with Crippen LogP contribution in [0.15, 0.2) is 59.5 Å². The van der Waals surface area contributed by atoms with Crippen molar-refractivity contribution in [2.24, 2.45) is 0 Å². The molecule has 0 unspecified atom stereocenters. The van der Waals surface area contributed by atoms with Crippen LogP contribution in [0.5, 0.6) is 0 Å². The topological polar surface area (TPSA) is 49.4 Å². The van der Waals surface area contributed by atoms with E-state index in [1.807, 2.05) is 61.5 Å². The highest BCUT2D eigenvalue weighted by atomic mass is 32.2. The summed E-state index contributed by atoms with van der Waals surface area (Å²) in [6.07, 6.45) is 1.79. The van der Waals surface area contributed by atoms with E-state index in [0.717, 1.165) is 16.8 Å². The molecule has 1 aliphatic rings. The highest BCUT2D eigenvalue weighted by Crippen LogP contribution is 2.32. The second-order valence-corrected chi connectivity index (χ2v) is 7.22. The number of nitrogens with zero attached hydrogens (tertiary/aromatic N) is 1. The number of anilines is 1. The summed E-state index contributed by atoms with van der Waals surface area (Å²) in [4.78, 5) is 26.7. The van der Waals surface area contributed by atoms with Crippen LogP contribution in [0, 0.1) is 6.92 Å². The van der Waals surface area contributed by atoms with Gasteiger partial charge in [0, 0.05) is 5.69 Å². The Kier molecular flexibility index (Phi) is 5.31. The first-order valence-electron chi connectivity index (χ1n) is 7.70. The van der Waals surface area contributed by atoms with E-state index >= 15 is 0 Å². The Morgan fingerprint density at radius 1 is 1.16 bits per heavy atom. The Bertz CT molecular complexity index is 863. The molecule has 3 rings (SSSR count). The molecule has 1 heterocycles. The molecule has 126 valence electrons. The van der Waals surface area contributed by atoms with E-state index in [2.05, 4.69) is 5.32 Å². The average Bonchev–Trinajstić information content (AvgIpc) is 2.85. The van der Waals surface area contributed by atoms with Crippen molar-refractivity contribution in [2.45, 2.75) is 6.92 Å². The molecule has 0 bridgehead atoms. The third kappa shape index (κ3) is 4.15. The van der Waals surface area contributed by atoms with Crippen LogP contribution in [0.1, 0.15) is 11.1 Å². The van der Waals surface area contributed by atoms with E-state index < -0.39 is 0 Å². The largest absolute Gasteiger partial charge is 0.324 e. The molecule has 2 aromatic carbocycles. The number of rotatable bonds is 4. The van der Waals surface area contributed by atoms with E-state index in [-0.39, 0.29) is 18.4 Å². The van der Waals surface area contributed by atoms with Crippen molar-refractivity contribution >= 4 is 51.9 Å². The van der Waals surface area contributed by atoms with Gasteiger partial charge in [-0.3, -0.25) is 14.5 Å². The van der Waals surface area contributed by atoms with Gasteiger partial charge in [0.1, 0.15) is 10.9 Å². The van der Waals surface area contributed by atoms with Crippen LogP contribution in [0.4, 0.5) is 5.69 Å². The lowest BCUT2D eigenvalue weighted by atomic mass is 10.2. The predicted octanol–water partition coefficient (Wildman–Crippen LogP) is 3.83. The van der Waals surface area contributed by atoms with Gasteiger partial charge in [-0.1, -0.05) is 72.5 Å². The fourth-order valence-electron chi connectivity index (χ4n) is 2.38. The van der Waals surface area contributed by atoms with Gasteiger partial charge in [0.15, 0.2) is 0 Å². The number of thiocarbonyl (C=S) groups is 1. The molecule has 1 fully saturated rings. The second kappa shape index (κ2) is 7.63. The van der Waals surface area contributed by atoms with Gasteiger partial charge in [0.2, 0.25) is 5.91 Å². The van der Waals surface area contributed by atoms with Crippen LogP contribution < -0.4 is 5.32 Å². The number of benzene rings is 2. The standard InChI is InChI=1S/C19H16N2O2S2/c1-13-7-5-6-10-15(13)20-17(22)12-21-18(23)16(25-19(21)24)11-14-8-3-2-4-9-14/h2-11H,12H2,1H3,(H,20,22)/b16-11+. The SMILES string of the molecule is Cc1ccccc1NC(=O)CN1C(=O)/C(=C\c2ccccc2)SC1=S. The monoisotopic (exact) mass is 368 g/mol. The number of aryl methyl sites for hydroxylation is 1. The third-order valence-electron chi connectivity index (χ3n) is 3.69. The molecule has 0 aliphatic carbocycles. The first kappa shape index (κ1) is 17.4. The molecule has 6 heteroatoms. The zero-order chi connectivity index (χ0) is 17.8. The number of hydrogen-bond acceptors (Lipinski definition) is 4. The maximum absolute atomic E-state index is 12.5. The Morgan fingerprint density at radius 2 is 1.84 bits per heavy atom. The predicted molar refractivity (Wildman–Crippen MR) is 106 cm³/mol. The van der Waals surface area contributed by atoms with Gasteiger partial charge in [-0.05, 0) is 30.2 Å². The molecule has 0 atom stereocenters. The van der Waals surface area contributed by atoms with E-state index in [9.17, 15) is 9.59 Å². The van der Waals surface area contributed by atoms with Crippen molar-refractivity contribution in [1.82, 2.24) is 4.90 Å². The fraction of sp³-hybridized carbons (Fsp3) is 0.105. The molecule has 25 heavy (non-hydrogen) atoms. The van der Waals surface area contributed by atoms with Crippen molar-refractivity contribution in [1.29, 1.82) is 0 Å². The smallest absolute Gasteiger partial charge is 0.266 e. The van der Waals surface area contributed by atoms with Crippen molar-refractivity contribution in [3.05, 3.63) is 70.6 Å². The van der Waals surface area contributed by atoms with Crippen LogP contribution in [0.25, 0.3) is 6.08 Å². The second-order valence-electron chi connectivity index (χ2n) is 5.54. The first-order valence-corrected chi connectivity index (χ1v) is 8.93. The molecule has 2 amide bonds. The van der Waals surface area contributed by atoms with Crippen molar-refractivity contribution in [3.8, 4) is 0 Å². The molecule has 2 aromatic rings. The summed E-state index contributed by atoms with van der Waals surface area (Å²) in [6.45, 7) is 1.82. The number of para-hydroxylation sites is 1. The third-order valence-corrected chi connectivity index (χ3v) is 5.07. The number of carbonyl (C=O) groups is 2. The molecule has 1 saturated heterocycles. The summed E-state index contributed by atoms with van der Waals surface area (Å²) in [6, 6.07) is 17.1. The number of hydrogen-bond donors (Lipinski definition) is 1. The number of nitrogens with one attached hydrogen (secondary N) is 1. The zero-order valence-electron chi connectivity index (χ0n) is 13.6. The molecule has 0 saturated carbocycles. The van der Waals surface area contributed by atoms with E-state index in [0.29, 0.717) is 9.23 Å². The lowest BCUT2D eigenvalue weighted by Crippen LogP contribution is -2.36. The van der Waals surface area contributed by atoms with Crippen LogP contribution in [0.2, 0.25) is 0 Å². The minimum atomic E-state index is -0.272. The summed E-state index contributed by atoms with van der Waals surface area (Å²) in [5, 5.41) is 2.82.